The van der Waals surface area contributed by atoms with E-state index >= 15 is 0 Å². The van der Waals surface area contributed by atoms with Crippen LogP contribution in [0.5, 0.6) is 0 Å². The molecule has 98 valence electrons. The van der Waals surface area contributed by atoms with Crippen molar-refractivity contribution >= 4 is 12.2 Å². The van der Waals surface area contributed by atoms with Gasteiger partial charge in [-0.2, -0.15) is 0 Å². The maximum atomic E-state index is 3.99. The first kappa shape index (κ1) is 14.8. The second kappa shape index (κ2) is 4.76. The minimum Gasteiger partial charge on any atom is -0.0984 e. The van der Waals surface area contributed by atoms with Crippen molar-refractivity contribution in [3.8, 4) is 0 Å². The van der Waals surface area contributed by atoms with Gasteiger partial charge >= 0.3 is 0 Å². The largest absolute Gasteiger partial charge is 0.0984 e. The van der Waals surface area contributed by atoms with E-state index in [-0.39, 0.29) is 10.8 Å². The van der Waals surface area contributed by atoms with Crippen LogP contribution in [0, 0.1) is 0 Å². The van der Waals surface area contributed by atoms with Gasteiger partial charge in [0.05, 0.1) is 0 Å². The summed E-state index contributed by atoms with van der Waals surface area (Å²) in [4.78, 5) is 0. The molecular formula is C18H26. The van der Waals surface area contributed by atoms with Crippen LogP contribution in [0.4, 0.5) is 0 Å². The molecular weight excluding hydrogens is 216 g/mol. The van der Waals surface area contributed by atoms with Crippen LogP contribution >= 0.6 is 0 Å². The highest BCUT2D eigenvalue weighted by Gasteiger charge is 2.23. The molecule has 0 bridgehead atoms. The molecule has 0 aliphatic rings. The van der Waals surface area contributed by atoms with Crippen molar-refractivity contribution in [3.63, 3.8) is 0 Å². The fourth-order valence-corrected chi connectivity index (χ4v) is 2.38. The molecule has 0 atom stereocenters. The van der Waals surface area contributed by atoms with Crippen LogP contribution < -0.4 is 0 Å². The fourth-order valence-electron chi connectivity index (χ4n) is 2.38. The zero-order valence-electron chi connectivity index (χ0n) is 12.7. The second-order valence-corrected chi connectivity index (χ2v) is 6.90. The molecule has 1 aromatic carbocycles. The highest BCUT2D eigenvalue weighted by atomic mass is 14.3. The smallest absolute Gasteiger partial charge is 0.0126 e. The lowest BCUT2D eigenvalue weighted by Crippen LogP contribution is -2.18. The number of rotatable bonds is 2. The molecule has 18 heavy (non-hydrogen) atoms. The molecule has 0 unspecified atom stereocenters. The van der Waals surface area contributed by atoms with Crippen molar-refractivity contribution in [1.29, 1.82) is 0 Å². The van der Waals surface area contributed by atoms with E-state index in [1.54, 1.807) is 0 Å². The molecule has 0 spiro atoms. The molecule has 0 aliphatic heterocycles. The lowest BCUT2D eigenvalue weighted by molar-refractivity contribution is 0.575. The van der Waals surface area contributed by atoms with Gasteiger partial charge in [-0.15, -0.1) is 0 Å². The average Bonchev–Trinajstić information content (AvgIpc) is 2.24. The number of hydrogen-bond donors (Lipinski definition) is 0. The lowest BCUT2D eigenvalue weighted by atomic mass is 9.76. The first-order chi connectivity index (χ1) is 8.12. The molecule has 0 saturated carbocycles. The summed E-state index contributed by atoms with van der Waals surface area (Å²) in [5.74, 6) is 0. The van der Waals surface area contributed by atoms with E-state index in [9.17, 15) is 0 Å². The van der Waals surface area contributed by atoms with Gasteiger partial charge in [-0.3, -0.25) is 0 Å². The van der Waals surface area contributed by atoms with E-state index < -0.39 is 0 Å². The third-order valence-corrected chi connectivity index (χ3v) is 3.31. The van der Waals surface area contributed by atoms with Gasteiger partial charge in [0.1, 0.15) is 0 Å². The molecule has 1 aromatic rings. The topological polar surface area (TPSA) is 0 Å². The predicted molar refractivity (Wildman–Crippen MR) is 84.0 cm³/mol. The molecule has 1 rings (SSSR count). The van der Waals surface area contributed by atoms with Crippen molar-refractivity contribution < 1.29 is 0 Å². The van der Waals surface area contributed by atoms with Crippen molar-refractivity contribution in [2.24, 2.45) is 0 Å². The molecule has 0 heteroatoms. The van der Waals surface area contributed by atoms with E-state index in [4.69, 9.17) is 0 Å². The summed E-state index contributed by atoms with van der Waals surface area (Å²) in [5.41, 5.74) is 5.37. The van der Waals surface area contributed by atoms with Gasteiger partial charge in [-0.25, -0.2) is 0 Å². The summed E-state index contributed by atoms with van der Waals surface area (Å²) in [5, 5.41) is 0. The molecule has 0 fully saturated rings. The van der Waals surface area contributed by atoms with Crippen molar-refractivity contribution in [1.82, 2.24) is 0 Å². The third kappa shape index (κ3) is 2.75. The molecule has 0 N–H and O–H groups in total. The molecule has 0 nitrogen and oxygen atoms in total. The standard InChI is InChI=1S/C18H26/c1-9-13-14(10-2)16(18(6,7)8)12-11-15(13)17(3,4)5/h9-12H,1-2H2,3-8H3. The summed E-state index contributed by atoms with van der Waals surface area (Å²) in [7, 11) is 0. The summed E-state index contributed by atoms with van der Waals surface area (Å²) in [6.07, 6.45) is 3.93. The first-order valence-electron chi connectivity index (χ1n) is 6.55. The second-order valence-electron chi connectivity index (χ2n) is 6.90. The van der Waals surface area contributed by atoms with Crippen LogP contribution in [0.15, 0.2) is 25.3 Å². The molecule has 0 heterocycles. The maximum Gasteiger partial charge on any atom is -0.0126 e. The highest BCUT2D eigenvalue weighted by Crippen LogP contribution is 2.35. The Labute approximate surface area is 112 Å². The Kier molecular flexibility index (Phi) is 3.90. The van der Waals surface area contributed by atoms with Crippen LogP contribution in [-0.4, -0.2) is 0 Å². The van der Waals surface area contributed by atoms with E-state index in [1.807, 2.05) is 12.2 Å². The van der Waals surface area contributed by atoms with Gasteiger partial charge in [-0.05, 0) is 33.1 Å². The third-order valence-electron chi connectivity index (χ3n) is 3.31. The predicted octanol–water partition coefficient (Wildman–Crippen LogP) is 5.57. The number of hydrogen-bond acceptors (Lipinski definition) is 0. The van der Waals surface area contributed by atoms with Gasteiger partial charge in [0, 0.05) is 0 Å². The minimum atomic E-state index is 0.123. The zero-order valence-corrected chi connectivity index (χ0v) is 12.7. The first-order valence-corrected chi connectivity index (χ1v) is 6.55. The zero-order chi connectivity index (χ0) is 14.1. The Bertz CT molecular complexity index is 417. The van der Waals surface area contributed by atoms with Crippen LogP contribution in [0.25, 0.3) is 12.2 Å². The Hall–Kier alpha value is -1.30. The molecule has 0 radical (unpaired) electrons. The Morgan fingerprint density at radius 2 is 1.00 bits per heavy atom. The summed E-state index contributed by atoms with van der Waals surface area (Å²) >= 11 is 0. The van der Waals surface area contributed by atoms with Crippen LogP contribution in [0.1, 0.15) is 63.8 Å². The fraction of sp³-hybridized carbons (Fsp3) is 0.444. The lowest BCUT2D eigenvalue weighted by Gasteiger charge is -2.28. The summed E-state index contributed by atoms with van der Waals surface area (Å²) in [6.45, 7) is 21.4. The normalized spacial score (nSPS) is 12.3. The van der Waals surface area contributed by atoms with Crippen molar-refractivity contribution in [2.45, 2.75) is 52.4 Å². The van der Waals surface area contributed by atoms with E-state index in [2.05, 4.69) is 66.8 Å². The molecule has 0 saturated heterocycles. The van der Waals surface area contributed by atoms with Crippen LogP contribution in [-0.2, 0) is 10.8 Å². The molecule has 0 aliphatic carbocycles. The van der Waals surface area contributed by atoms with Crippen molar-refractivity contribution in [2.75, 3.05) is 0 Å². The molecule has 0 amide bonds. The van der Waals surface area contributed by atoms with Gasteiger partial charge in [0.2, 0.25) is 0 Å². The Morgan fingerprint density at radius 1 is 0.722 bits per heavy atom. The Morgan fingerprint density at radius 3 is 1.17 bits per heavy atom. The van der Waals surface area contributed by atoms with Gasteiger partial charge < -0.3 is 0 Å². The SMILES string of the molecule is C=Cc1c(C(C)(C)C)ccc(C(C)(C)C)c1C=C. The van der Waals surface area contributed by atoms with E-state index in [0.29, 0.717) is 0 Å². The molecule has 0 aromatic heterocycles. The number of benzene rings is 1. The van der Waals surface area contributed by atoms with E-state index in [0.717, 1.165) is 0 Å². The monoisotopic (exact) mass is 242 g/mol. The quantitative estimate of drug-likeness (QED) is 0.636. The van der Waals surface area contributed by atoms with Crippen LogP contribution in [0.2, 0.25) is 0 Å². The average molecular weight is 242 g/mol. The minimum absolute atomic E-state index is 0.123. The van der Waals surface area contributed by atoms with Gasteiger partial charge in [0.15, 0.2) is 0 Å². The van der Waals surface area contributed by atoms with Crippen LogP contribution in [0.3, 0.4) is 0 Å². The van der Waals surface area contributed by atoms with Crippen molar-refractivity contribution in [3.05, 3.63) is 47.5 Å². The highest BCUT2D eigenvalue weighted by molar-refractivity contribution is 5.71. The van der Waals surface area contributed by atoms with Gasteiger partial charge in [0.25, 0.3) is 0 Å². The summed E-state index contributed by atoms with van der Waals surface area (Å²) < 4.78 is 0. The maximum absolute atomic E-state index is 3.99. The van der Waals surface area contributed by atoms with E-state index in [1.165, 1.54) is 22.3 Å². The van der Waals surface area contributed by atoms with Gasteiger partial charge in [-0.1, -0.05) is 79.0 Å². The summed E-state index contributed by atoms with van der Waals surface area (Å²) in [6, 6.07) is 4.48. The Balaban J connectivity index is 3.67.